The van der Waals surface area contributed by atoms with Gasteiger partial charge in [-0.25, -0.2) is 0 Å². The molecule has 3 aliphatic rings. The summed E-state index contributed by atoms with van der Waals surface area (Å²) in [6, 6.07) is 3.75. The molecule has 0 radical (unpaired) electrons. The first kappa shape index (κ1) is 17.9. The van der Waals surface area contributed by atoms with Gasteiger partial charge in [0.1, 0.15) is 10.1 Å². The van der Waals surface area contributed by atoms with Gasteiger partial charge in [-0.2, -0.15) is 0 Å². The van der Waals surface area contributed by atoms with Gasteiger partial charge in [-0.1, -0.05) is 49.7 Å². The molecule has 1 atom stereocenters. The quantitative estimate of drug-likeness (QED) is 0.686. The molecule has 2 fully saturated rings. The Morgan fingerprint density at radius 3 is 2.73 bits per heavy atom. The lowest BCUT2D eigenvalue weighted by Gasteiger charge is -2.18. The molecular weight excluding hydrogens is 370 g/mol. The van der Waals surface area contributed by atoms with E-state index in [1.807, 2.05) is 17.0 Å². The molecule has 2 aliphatic heterocycles. The summed E-state index contributed by atoms with van der Waals surface area (Å²) in [5.41, 5.74) is 0.947. The van der Waals surface area contributed by atoms with Crippen molar-refractivity contribution in [3.05, 3.63) is 17.7 Å². The van der Waals surface area contributed by atoms with Gasteiger partial charge in [0.2, 0.25) is 12.7 Å². The molecule has 140 valence electrons. The number of rotatable bonds is 6. The van der Waals surface area contributed by atoms with Crippen molar-refractivity contribution in [2.75, 3.05) is 20.4 Å². The fourth-order valence-corrected chi connectivity index (χ4v) is 5.53. The molecular formula is C19H23NO4S2. The first-order chi connectivity index (χ1) is 12.7. The molecule has 1 saturated heterocycles. The molecule has 1 amide bonds. The number of amides is 1. The molecule has 0 unspecified atom stereocenters. The van der Waals surface area contributed by atoms with Gasteiger partial charge in [-0.05, 0) is 30.4 Å². The van der Waals surface area contributed by atoms with E-state index in [9.17, 15) is 4.79 Å². The topological polar surface area (TPSA) is 48.0 Å². The zero-order valence-corrected chi connectivity index (χ0v) is 16.5. The monoisotopic (exact) mass is 393 g/mol. The minimum atomic E-state index is -0.194. The Kier molecular flexibility index (Phi) is 5.27. The van der Waals surface area contributed by atoms with Crippen molar-refractivity contribution >= 4 is 34.2 Å². The standard InChI is InChI=1S/C19H23NO4S2/c1-22-14-10-16-15(23-11-24-16)8-13(14)9-17-18(21)20(19(25)26-17)7-6-12-4-2-3-5-12/h8,10,12,17H,2-7,9,11H2,1H3/t17-/m1/s1. The molecule has 1 aromatic carbocycles. The maximum atomic E-state index is 12.9. The Balaban J connectivity index is 1.44. The van der Waals surface area contributed by atoms with Crippen molar-refractivity contribution in [1.29, 1.82) is 0 Å². The average molecular weight is 394 g/mol. The number of thioether (sulfide) groups is 1. The summed E-state index contributed by atoms with van der Waals surface area (Å²) in [6.45, 7) is 0.974. The number of benzene rings is 1. The van der Waals surface area contributed by atoms with Crippen LogP contribution >= 0.6 is 24.0 Å². The van der Waals surface area contributed by atoms with E-state index in [4.69, 9.17) is 26.4 Å². The average Bonchev–Trinajstić information content (AvgIpc) is 3.35. The molecule has 0 bridgehead atoms. The fourth-order valence-electron chi connectivity index (χ4n) is 3.96. The third kappa shape index (κ3) is 3.51. The second-order valence-corrected chi connectivity index (χ2v) is 8.86. The highest BCUT2D eigenvalue weighted by atomic mass is 32.2. The van der Waals surface area contributed by atoms with Gasteiger partial charge in [0.15, 0.2) is 11.5 Å². The van der Waals surface area contributed by atoms with Crippen LogP contribution in [0.1, 0.15) is 37.7 Å². The number of ether oxygens (including phenoxy) is 3. The Morgan fingerprint density at radius 1 is 1.27 bits per heavy atom. The molecule has 26 heavy (non-hydrogen) atoms. The summed E-state index contributed by atoms with van der Waals surface area (Å²) in [6.07, 6.45) is 6.87. The summed E-state index contributed by atoms with van der Waals surface area (Å²) >= 11 is 6.98. The predicted molar refractivity (Wildman–Crippen MR) is 105 cm³/mol. The van der Waals surface area contributed by atoms with Crippen LogP contribution in [0.3, 0.4) is 0 Å². The van der Waals surface area contributed by atoms with Crippen LogP contribution in [0.15, 0.2) is 12.1 Å². The number of nitrogens with zero attached hydrogens (tertiary/aromatic N) is 1. The minimum absolute atomic E-state index is 0.123. The highest BCUT2D eigenvalue weighted by Gasteiger charge is 2.37. The third-order valence-corrected chi connectivity index (χ3v) is 7.01. The molecule has 7 heteroatoms. The van der Waals surface area contributed by atoms with Crippen LogP contribution in [0.25, 0.3) is 0 Å². The van der Waals surface area contributed by atoms with Gasteiger partial charge in [0.25, 0.3) is 0 Å². The third-order valence-electron chi connectivity index (χ3n) is 5.42. The Hall–Kier alpha value is -1.47. The van der Waals surface area contributed by atoms with E-state index in [1.54, 1.807) is 7.11 Å². The predicted octanol–water partition coefficient (Wildman–Crippen LogP) is 3.78. The summed E-state index contributed by atoms with van der Waals surface area (Å²) in [5.74, 6) is 2.99. The van der Waals surface area contributed by atoms with E-state index in [-0.39, 0.29) is 18.0 Å². The van der Waals surface area contributed by atoms with Crippen molar-refractivity contribution < 1.29 is 19.0 Å². The Morgan fingerprint density at radius 2 is 2.00 bits per heavy atom. The maximum absolute atomic E-state index is 12.9. The van der Waals surface area contributed by atoms with Gasteiger partial charge in [-0.15, -0.1) is 0 Å². The van der Waals surface area contributed by atoms with E-state index in [0.29, 0.717) is 22.2 Å². The van der Waals surface area contributed by atoms with Gasteiger partial charge in [0.05, 0.1) is 12.4 Å². The highest BCUT2D eigenvalue weighted by Crippen LogP contribution is 2.40. The lowest BCUT2D eigenvalue weighted by Crippen LogP contribution is -2.33. The molecule has 1 aromatic rings. The molecule has 2 heterocycles. The summed E-state index contributed by atoms with van der Waals surface area (Å²) in [5, 5.41) is -0.194. The van der Waals surface area contributed by atoms with Crippen LogP contribution in [0.5, 0.6) is 17.2 Å². The van der Waals surface area contributed by atoms with Crippen LogP contribution in [0.2, 0.25) is 0 Å². The summed E-state index contributed by atoms with van der Waals surface area (Å²) in [7, 11) is 1.63. The van der Waals surface area contributed by atoms with Crippen molar-refractivity contribution in [3.63, 3.8) is 0 Å². The Labute approximate surface area is 163 Å². The molecule has 1 saturated carbocycles. The number of carbonyl (C=O) groups is 1. The van der Waals surface area contributed by atoms with E-state index in [2.05, 4.69) is 0 Å². The van der Waals surface area contributed by atoms with Crippen molar-refractivity contribution in [3.8, 4) is 17.2 Å². The number of carbonyl (C=O) groups excluding carboxylic acids is 1. The second-order valence-electron chi connectivity index (χ2n) is 7.02. The molecule has 0 N–H and O–H groups in total. The van der Waals surface area contributed by atoms with Gasteiger partial charge in [-0.3, -0.25) is 9.69 Å². The zero-order valence-electron chi connectivity index (χ0n) is 14.9. The molecule has 0 aromatic heterocycles. The molecule has 0 spiro atoms. The van der Waals surface area contributed by atoms with Crippen LogP contribution in [0.4, 0.5) is 0 Å². The highest BCUT2D eigenvalue weighted by molar-refractivity contribution is 8.24. The van der Waals surface area contributed by atoms with E-state index in [1.165, 1.54) is 37.4 Å². The smallest absolute Gasteiger partial charge is 0.241 e. The van der Waals surface area contributed by atoms with Crippen molar-refractivity contribution in [2.24, 2.45) is 5.92 Å². The lowest BCUT2D eigenvalue weighted by molar-refractivity contribution is -0.126. The number of hydrogen-bond acceptors (Lipinski definition) is 6. The molecule has 4 rings (SSSR count). The van der Waals surface area contributed by atoms with Gasteiger partial charge in [0, 0.05) is 12.6 Å². The van der Waals surface area contributed by atoms with Gasteiger partial charge < -0.3 is 14.2 Å². The number of fused-ring (bicyclic) bond motifs is 1. The first-order valence-corrected chi connectivity index (χ1v) is 10.4. The van der Waals surface area contributed by atoms with Crippen molar-refractivity contribution in [2.45, 2.75) is 43.8 Å². The van der Waals surface area contributed by atoms with E-state index in [0.717, 1.165) is 30.2 Å². The lowest BCUT2D eigenvalue weighted by atomic mass is 10.0. The van der Waals surface area contributed by atoms with Gasteiger partial charge >= 0.3 is 0 Å². The SMILES string of the molecule is COc1cc2c(cc1C[C@H]1SC(=S)N(CCC3CCCC3)C1=O)OCO2. The second kappa shape index (κ2) is 7.64. The van der Waals surface area contributed by atoms with Crippen LogP contribution in [0, 0.1) is 5.92 Å². The molecule has 5 nitrogen and oxygen atoms in total. The van der Waals surface area contributed by atoms with Crippen molar-refractivity contribution in [1.82, 2.24) is 4.90 Å². The van der Waals surface area contributed by atoms with Crippen LogP contribution in [-0.4, -0.2) is 40.8 Å². The molecule has 1 aliphatic carbocycles. The zero-order chi connectivity index (χ0) is 18.1. The van der Waals surface area contributed by atoms with E-state index < -0.39 is 0 Å². The number of thiocarbonyl (C=S) groups is 1. The van der Waals surface area contributed by atoms with Crippen LogP contribution < -0.4 is 14.2 Å². The normalized spacial score (nSPS) is 22.5. The summed E-state index contributed by atoms with van der Waals surface area (Å²) < 4.78 is 17.0. The van der Waals surface area contributed by atoms with Crippen LogP contribution in [-0.2, 0) is 11.2 Å². The fraction of sp³-hybridized carbons (Fsp3) is 0.579. The maximum Gasteiger partial charge on any atom is 0.241 e. The first-order valence-electron chi connectivity index (χ1n) is 9.14. The number of methoxy groups -OCH3 is 1. The largest absolute Gasteiger partial charge is 0.496 e. The minimum Gasteiger partial charge on any atom is -0.496 e. The number of hydrogen-bond donors (Lipinski definition) is 0. The van der Waals surface area contributed by atoms with E-state index >= 15 is 0 Å². The Bertz CT molecular complexity index is 718. The summed E-state index contributed by atoms with van der Waals surface area (Å²) in [4.78, 5) is 14.7.